The van der Waals surface area contributed by atoms with E-state index in [1.807, 2.05) is 48.7 Å². The first-order chi connectivity index (χ1) is 14.1. The number of aromatic nitrogens is 4. The minimum absolute atomic E-state index is 0.148. The number of rotatable bonds is 5. The molecule has 3 heterocycles. The molecule has 3 aromatic heterocycles. The van der Waals surface area contributed by atoms with Crippen LogP contribution in [0.4, 0.5) is 5.13 Å². The summed E-state index contributed by atoms with van der Waals surface area (Å²) >= 11 is 1.31. The smallest absolute Gasteiger partial charge is 0.277 e. The van der Waals surface area contributed by atoms with Crippen molar-refractivity contribution in [2.45, 2.75) is 13.5 Å². The number of thiazole rings is 1. The van der Waals surface area contributed by atoms with Crippen LogP contribution in [-0.2, 0) is 6.54 Å². The number of amides is 1. The van der Waals surface area contributed by atoms with Gasteiger partial charge in [0.2, 0.25) is 0 Å². The summed E-state index contributed by atoms with van der Waals surface area (Å²) in [6.07, 6.45) is 3.40. The van der Waals surface area contributed by atoms with Crippen molar-refractivity contribution in [3.8, 4) is 11.3 Å². The normalized spacial score (nSPS) is 10.7. The van der Waals surface area contributed by atoms with Crippen LogP contribution >= 0.6 is 11.3 Å². The molecule has 8 heteroatoms. The zero-order valence-corrected chi connectivity index (χ0v) is 16.4. The lowest BCUT2D eigenvalue weighted by Gasteiger charge is -2.07. The number of nitrogens with zero attached hydrogens (tertiary/aromatic N) is 4. The van der Waals surface area contributed by atoms with Crippen molar-refractivity contribution in [1.82, 2.24) is 19.7 Å². The summed E-state index contributed by atoms with van der Waals surface area (Å²) < 4.78 is 1.28. The molecule has 0 saturated carbocycles. The largest absolute Gasteiger partial charge is 0.296 e. The summed E-state index contributed by atoms with van der Waals surface area (Å²) in [5.41, 5.74) is 3.55. The second-order valence-corrected chi connectivity index (χ2v) is 7.29. The second-order valence-electron chi connectivity index (χ2n) is 6.43. The predicted octanol–water partition coefficient (Wildman–Crippen LogP) is 3.37. The highest BCUT2D eigenvalue weighted by atomic mass is 32.1. The molecule has 144 valence electrons. The summed E-state index contributed by atoms with van der Waals surface area (Å²) in [5.74, 6) is -0.422. The molecule has 1 amide bonds. The molecule has 7 nitrogen and oxygen atoms in total. The number of benzene rings is 1. The van der Waals surface area contributed by atoms with Gasteiger partial charge >= 0.3 is 0 Å². The van der Waals surface area contributed by atoms with Gasteiger partial charge in [-0.3, -0.25) is 19.9 Å². The van der Waals surface area contributed by atoms with Crippen LogP contribution in [0.5, 0.6) is 0 Å². The maximum Gasteiger partial charge on any atom is 0.277 e. The van der Waals surface area contributed by atoms with Crippen molar-refractivity contribution in [2.75, 3.05) is 5.32 Å². The van der Waals surface area contributed by atoms with E-state index in [1.54, 1.807) is 12.4 Å². The van der Waals surface area contributed by atoms with Crippen LogP contribution in [-0.4, -0.2) is 25.7 Å². The van der Waals surface area contributed by atoms with Crippen molar-refractivity contribution < 1.29 is 4.79 Å². The van der Waals surface area contributed by atoms with Crippen LogP contribution in [0.3, 0.4) is 0 Å². The highest BCUT2D eigenvalue weighted by molar-refractivity contribution is 7.14. The average Bonchev–Trinajstić information content (AvgIpc) is 3.20. The number of anilines is 1. The van der Waals surface area contributed by atoms with Gasteiger partial charge in [-0.2, -0.15) is 5.10 Å². The highest BCUT2D eigenvalue weighted by Crippen LogP contribution is 2.24. The quantitative estimate of drug-likeness (QED) is 0.552. The standard InChI is InChI=1S/C21H17N5O2S/c1-14-4-6-15(7-5-14)12-26-19(27)9-8-17(25-26)20(28)24-21-23-18(13-29-21)16-3-2-10-22-11-16/h2-11,13H,12H2,1H3,(H,23,24,28). The number of carbonyl (C=O) groups is 1. The minimum Gasteiger partial charge on any atom is -0.296 e. The van der Waals surface area contributed by atoms with Crippen molar-refractivity contribution in [3.05, 3.63) is 93.5 Å². The molecule has 1 N–H and O–H groups in total. The van der Waals surface area contributed by atoms with Gasteiger partial charge in [0.15, 0.2) is 5.13 Å². The van der Waals surface area contributed by atoms with Crippen LogP contribution in [0.1, 0.15) is 21.6 Å². The van der Waals surface area contributed by atoms with Gasteiger partial charge in [-0.1, -0.05) is 29.8 Å². The Bertz CT molecular complexity index is 1200. The maximum absolute atomic E-state index is 12.6. The molecular weight excluding hydrogens is 386 g/mol. The molecule has 4 rings (SSSR count). The Hall–Kier alpha value is -3.65. The second kappa shape index (κ2) is 8.15. The number of carbonyl (C=O) groups excluding carboxylic acids is 1. The topological polar surface area (TPSA) is 89.8 Å². The maximum atomic E-state index is 12.6. The lowest BCUT2D eigenvalue weighted by atomic mass is 10.1. The SMILES string of the molecule is Cc1ccc(Cn2nc(C(=O)Nc3nc(-c4cccnc4)cs3)ccc2=O)cc1. The fourth-order valence-corrected chi connectivity index (χ4v) is 3.40. The van der Waals surface area contributed by atoms with E-state index in [4.69, 9.17) is 0 Å². The summed E-state index contributed by atoms with van der Waals surface area (Å²) in [6, 6.07) is 14.3. The van der Waals surface area contributed by atoms with E-state index in [1.165, 1.54) is 28.2 Å². The van der Waals surface area contributed by atoms with Crippen LogP contribution in [0.15, 0.2) is 71.1 Å². The Morgan fingerprint density at radius 2 is 1.97 bits per heavy atom. The number of aryl methyl sites for hydroxylation is 1. The van der Waals surface area contributed by atoms with Crippen LogP contribution in [0.2, 0.25) is 0 Å². The first-order valence-electron chi connectivity index (χ1n) is 8.89. The highest BCUT2D eigenvalue weighted by Gasteiger charge is 2.13. The zero-order chi connectivity index (χ0) is 20.2. The van der Waals surface area contributed by atoms with E-state index in [0.717, 1.165) is 22.4 Å². The zero-order valence-electron chi connectivity index (χ0n) is 15.6. The Morgan fingerprint density at radius 1 is 1.14 bits per heavy atom. The molecule has 0 spiro atoms. The summed E-state index contributed by atoms with van der Waals surface area (Å²) in [5, 5.41) is 9.24. The lowest BCUT2D eigenvalue weighted by Crippen LogP contribution is -2.26. The van der Waals surface area contributed by atoms with Gasteiger partial charge < -0.3 is 0 Å². The molecule has 0 saturated heterocycles. The number of hydrogen-bond acceptors (Lipinski definition) is 6. The van der Waals surface area contributed by atoms with Crippen molar-refractivity contribution in [2.24, 2.45) is 0 Å². The molecule has 4 aromatic rings. The lowest BCUT2D eigenvalue weighted by molar-refractivity contribution is 0.102. The third-order valence-electron chi connectivity index (χ3n) is 4.23. The Morgan fingerprint density at radius 3 is 2.72 bits per heavy atom. The third-order valence-corrected chi connectivity index (χ3v) is 4.99. The molecule has 0 aliphatic heterocycles. The summed E-state index contributed by atoms with van der Waals surface area (Å²) in [7, 11) is 0. The fourth-order valence-electron chi connectivity index (χ4n) is 2.69. The van der Waals surface area contributed by atoms with E-state index >= 15 is 0 Å². The van der Waals surface area contributed by atoms with Gasteiger partial charge in [-0.25, -0.2) is 9.67 Å². The number of nitrogens with one attached hydrogen (secondary N) is 1. The van der Waals surface area contributed by atoms with Crippen LogP contribution in [0.25, 0.3) is 11.3 Å². The van der Waals surface area contributed by atoms with Gasteiger partial charge in [0.25, 0.3) is 11.5 Å². The van der Waals surface area contributed by atoms with E-state index in [9.17, 15) is 9.59 Å². The van der Waals surface area contributed by atoms with Gasteiger partial charge in [0, 0.05) is 29.4 Å². The van der Waals surface area contributed by atoms with E-state index in [2.05, 4.69) is 20.4 Å². The van der Waals surface area contributed by atoms with E-state index in [-0.39, 0.29) is 11.3 Å². The molecule has 1 aromatic carbocycles. The molecule has 29 heavy (non-hydrogen) atoms. The van der Waals surface area contributed by atoms with Crippen LogP contribution < -0.4 is 10.9 Å². The molecule has 0 aliphatic carbocycles. The van der Waals surface area contributed by atoms with Crippen molar-refractivity contribution in [1.29, 1.82) is 0 Å². The Labute approximate surface area is 170 Å². The third kappa shape index (κ3) is 4.44. The van der Waals surface area contributed by atoms with E-state index < -0.39 is 5.91 Å². The predicted molar refractivity (Wildman–Crippen MR) is 112 cm³/mol. The minimum atomic E-state index is -0.422. The monoisotopic (exact) mass is 403 g/mol. The molecule has 0 fully saturated rings. The van der Waals surface area contributed by atoms with E-state index in [0.29, 0.717) is 11.7 Å². The molecule has 0 atom stereocenters. The van der Waals surface area contributed by atoms with Gasteiger partial charge in [0.05, 0.1) is 12.2 Å². The summed E-state index contributed by atoms with van der Waals surface area (Å²) in [4.78, 5) is 33.2. The van der Waals surface area contributed by atoms with Gasteiger partial charge in [0.1, 0.15) is 5.69 Å². The molecule has 0 aliphatic rings. The van der Waals surface area contributed by atoms with Gasteiger partial charge in [-0.15, -0.1) is 11.3 Å². The molecular formula is C21H17N5O2S. The number of hydrogen-bond donors (Lipinski definition) is 1. The molecule has 0 bridgehead atoms. The first-order valence-corrected chi connectivity index (χ1v) is 9.77. The number of pyridine rings is 1. The average molecular weight is 403 g/mol. The van der Waals surface area contributed by atoms with Crippen molar-refractivity contribution in [3.63, 3.8) is 0 Å². The Balaban J connectivity index is 1.51. The van der Waals surface area contributed by atoms with Crippen molar-refractivity contribution >= 4 is 22.4 Å². The molecule has 0 radical (unpaired) electrons. The summed E-state index contributed by atoms with van der Waals surface area (Å²) in [6.45, 7) is 2.29. The molecule has 0 unspecified atom stereocenters. The van der Waals surface area contributed by atoms with Gasteiger partial charge in [-0.05, 0) is 30.7 Å². The van der Waals surface area contributed by atoms with Crippen LogP contribution in [0, 0.1) is 6.92 Å². The first kappa shape index (κ1) is 18.7. The fraction of sp³-hybridized carbons (Fsp3) is 0.0952. The Kier molecular flexibility index (Phi) is 5.26.